The van der Waals surface area contributed by atoms with Gasteiger partial charge in [-0.25, -0.2) is 0 Å². The Morgan fingerprint density at radius 2 is 1.22 bits per heavy atom. The van der Waals surface area contributed by atoms with Crippen LogP contribution in [0.5, 0.6) is 0 Å². The van der Waals surface area contributed by atoms with Crippen molar-refractivity contribution in [3.05, 3.63) is 11.4 Å². The average molecular weight is 378 g/mol. The smallest absolute Gasteiger partial charge is 0.400 e. The Hall–Kier alpha value is -0.330. The normalized spacial score (nSPS) is 34.9. The molecule has 2 saturated heterocycles. The predicted molar refractivity (Wildman–Crippen MR) is 108 cm³/mol. The van der Waals surface area contributed by atoms with Crippen LogP contribution in [0.4, 0.5) is 0 Å². The number of aliphatic hydroxyl groups excluding tert-OH is 1. The first-order chi connectivity index (χ1) is 12.3. The molecule has 2 atom stereocenters. The molecule has 152 valence electrons. The molecular formula is C20H36B2O5. The average Bonchev–Trinajstić information content (AvgIpc) is 2.85. The van der Waals surface area contributed by atoms with E-state index in [1.807, 2.05) is 33.7 Å². The molecule has 27 heavy (non-hydrogen) atoms. The van der Waals surface area contributed by atoms with Gasteiger partial charge in [0.15, 0.2) is 0 Å². The molecule has 0 aromatic carbocycles. The van der Waals surface area contributed by atoms with Crippen LogP contribution in [0.25, 0.3) is 0 Å². The van der Waals surface area contributed by atoms with Crippen LogP contribution < -0.4 is 0 Å². The molecular weight excluding hydrogens is 342 g/mol. The first-order valence-corrected chi connectivity index (χ1v) is 10.4. The highest BCUT2D eigenvalue weighted by Gasteiger charge is 2.55. The van der Waals surface area contributed by atoms with Crippen molar-refractivity contribution in [3.63, 3.8) is 0 Å². The van der Waals surface area contributed by atoms with E-state index in [4.69, 9.17) is 18.6 Å². The van der Waals surface area contributed by atoms with E-state index >= 15 is 0 Å². The van der Waals surface area contributed by atoms with Crippen LogP contribution in [-0.2, 0) is 18.6 Å². The van der Waals surface area contributed by atoms with E-state index < -0.39 is 36.6 Å². The Balaban J connectivity index is 1.92. The summed E-state index contributed by atoms with van der Waals surface area (Å²) in [5.74, 6) is 2.00. The molecule has 1 saturated carbocycles. The summed E-state index contributed by atoms with van der Waals surface area (Å²) >= 11 is 0. The van der Waals surface area contributed by atoms with E-state index in [1.54, 1.807) is 0 Å². The van der Waals surface area contributed by atoms with Gasteiger partial charge in [-0.05, 0) is 73.7 Å². The molecule has 2 heterocycles. The van der Waals surface area contributed by atoms with E-state index in [0.717, 1.165) is 31.2 Å². The fourth-order valence-corrected chi connectivity index (χ4v) is 3.97. The van der Waals surface area contributed by atoms with Crippen molar-refractivity contribution < 1.29 is 23.7 Å². The molecule has 3 fully saturated rings. The lowest BCUT2D eigenvalue weighted by Gasteiger charge is -2.32. The number of hydrogen-bond acceptors (Lipinski definition) is 5. The van der Waals surface area contributed by atoms with Gasteiger partial charge in [0, 0.05) is 5.92 Å². The van der Waals surface area contributed by atoms with Gasteiger partial charge in [0.05, 0.1) is 28.5 Å². The quantitative estimate of drug-likeness (QED) is 0.759. The van der Waals surface area contributed by atoms with Crippen molar-refractivity contribution in [2.24, 2.45) is 5.92 Å². The molecule has 0 amide bonds. The first kappa shape index (κ1) is 21.4. The standard InChI is InChI=1S/C20H36B2O5/c1-17(2)18(3,4)25-21(24-17)13-15(14-11-9-10-12-16(14)23)22-26-19(5,6)20(7,8)27-22/h13-14,16,23H,9-12H2,1-8H3/b15-13-/t14-,16-/m1/s1. The first-order valence-electron chi connectivity index (χ1n) is 10.4. The Labute approximate surface area is 165 Å². The summed E-state index contributed by atoms with van der Waals surface area (Å²) in [6.07, 6.45) is 3.51. The summed E-state index contributed by atoms with van der Waals surface area (Å²) in [6, 6.07) is 0. The fourth-order valence-electron chi connectivity index (χ4n) is 3.97. The van der Waals surface area contributed by atoms with E-state index in [2.05, 4.69) is 27.7 Å². The van der Waals surface area contributed by atoms with E-state index in [1.165, 1.54) is 0 Å². The summed E-state index contributed by atoms with van der Waals surface area (Å²) in [6.45, 7) is 16.4. The molecule has 1 aliphatic carbocycles. The van der Waals surface area contributed by atoms with Gasteiger partial charge >= 0.3 is 14.2 Å². The van der Waals surface area contributed by atoms with Gasteiger partial charge in [-0.15, -0.1) is 0 Å². The van der Waals surface area contributed by atoms with Crippen LogP contribution in [0.15, 0.2) is 11.4 Å². The number of aliphatic hydroxyl groups is 1. The largest absolute Gasteiger partial charge is 0.489 e. The Kier molecular flexibility index (Phi) is 5.44. The third-order valence-corrected chi connectivity index (χ3v) is 7.28. The van der Waals surface area contributed by atoms with Crippen molar-refractivity contribution in [1.82, 2.24) is 0 Å². The zero-order valence-electron chi connectivity index (χ0n) is 18.3. The second kappa shape index (κ2) is 6.87. The molecule has 0 bridgehead atoms. The SMILES string of the molecule is CC1(C)OB(/C=C(\B2OC(C)(C)C(C)(C)O2)[C@H]2CCCC[C@H]2O)OC1(C)C. The molecule has 0 aromatic rings. The van der Waals surface area contributed by atoms with Crippen molar-refractivity contribution in [2.45, 2.75) is 110 Å². The predicted octanol–water partition coefficient (Wildman–Crippen LogP) is 3.73. The molecule has 0 aromatic heterocycles. The van der Waals surface area contributed by atoms with Crippen LogP contribution in [0.1, 0.15) is 81.1 Å². The molecule has 1 N–H and O–H groups in total. The molecule has 5 nitrogen and oxygen atoms in total. The summed E-state index contributed by atoms with van der Waals surface area (Å²) in [7, 11) is -0.968. The van der Waals surface area contributed by atoms with Crippen molar-refractivity contribution in [1.29, 1.82) is 0 Å². The van der Waals surface area contributed by atoms with E-state index in [-0.39, 0.29) is 12.0 Å². The highest BCUT2D eigenvalue weighted by Crippen LogP contribution is 2.43. The van der Waals surface area contributed by atoms with Gasteiger partial charge < -0.3 is 23.7 Å². The van der Waals surface area contributed by atoms with Crippen LogP contribution in [0, 0.1) is 5.92 Å². The number of rotatable bonds is 3. The molecule has 2 aliphatic heterocycles. The fraction of sp³-hybridized carbons (Fsp3) is 0.900. The van der Waals surface area contributed by atoms with E-state index in [0.29, 0.717) is 0 Å². The third-order valence-electron chi connectivity index (χ3n) is 7.28. The summed E-state index contributed by atoms with van der Waals surface area (Å²) in [5.41, 5.74) is -0.696. The maximum atomic E-state index is 10.7. The zero-order valence-corrected chi connectivity index (χ0v) is 18.3. The second-order valence-corrected chi connectivity index (χ2v) is 10.3. The third kappa shape index (κ3) is 3.91. The van der Waals surface area contributed by atoms with Gasteiger partial charge in [-0.3, -0.25) is 0 Å². The lowest BCUT2D eigenvalue weighted by Crippen LogP contribution is -2.41. The Morgan fingerprint density at radius 1 is 0.778 bits per heavy atom. The Bertz CT molecular complexity index is 567. The summed E-state index contributed by atoms with van der Waals surface area (Å²) in [5, 5.41) is 10.7. The van der Waals surface area contributed by atoms with Crippen LogP contribution >= 0.6 is 0 Å². The molecule has 0 unspecified atom stereocenters. The monoisotopic (exact) mass is 378 g/mol. The highest BCUT2D eigenvalue weighted by atomic mass is 16.7. The summed E-state index contributed by atoms with van der Waals surface area (Å²) < 4.78 is 25.0. The maximum Gasteiger partial charge on any atom is 0.489 e. The molecule has 7 heteroatoms. The van der Waals surface area contributed by atoms with Crippen LogP contribution in [0.2, 0.25) is 0 Å². The molecule has 0 radical (unpaired) electrons. The van der Waals surface area contributed by atoms with Crippen molar-refractivity contribution >= 4 is 14.2 Å². The van der Waals surface area contributed by atoms with Gasteiger partial charge in [-0.2, -0.15) is 0 Å². The minimum Gasteiger partial charge on any atom is -0.400 e. The topological polar surface area (TPSA) is 57.2 Å². The van der Waals surface area contributed by atoms with Crippen molar-refractivity contribution in [2.75, 3.05) is 0 Å². The zero-order chi connectivity index (χ0) is 20.3. The molecule has 3 aliphatic rings. The van der Waals surface area contributed by atoms with Crippen LogP contribution in [0.3, 0.4) is 0 Å². The minimum atomic E-state index is -0.494. The van der Waals surface area contributed by atoms with Gasteiger partial charge in [-0.1, -0.05) is 18.8 Å². The van der Waals surface area contributed by atoms with Crippen molar-refractivity contribution in [3.8, 4) is 0 Å². The van der Waals surface area contributed by atoms with E-state index in [9.17, 15) is 5.11 Å². The highest BCUT2D eigenvalue weighted by molar-refractivity contribution is 6.60. The molecule has 3 rings (SSSR count). The van der Waals surface area contributed by atoms with Crippen LogP contribution in [-0.4, -0.2) is 47.9 Å². The number of hydrogen-bond donors (Lipinski definition) is 1. The summed E-state index contributed by atoms with van der Waals surface area (Å²) in [4.78, 5) is 0. The lowest BCUT2D eigenvalue weighted by atomic mass is 9.62. The maximum absolute atomic E-state index is 10.7. The minimum absolute atomic E-state index is 0.00692. The van der Waals surface area contributed by atoms with Gasteiger partial charge in [0.25, 0.3) is 0 Å². The van der Waals surface area contributed by atoms with Gasteiger partial charge in [0.2, 0.25) is 0 Å². The van der Waals surface area contributed by atoms with Gasteiger partial charge in [0.1, 0.15) is 0 Å². The second-order valence-electron chi connectivity index (χ2n) is 10.3. The Morgan fingerprint density at radius 3 is 1.70 bits per heavy atom. The lowest BCUT2D eigenvalue weighted by molar-refractivity contribution is 0.00578. The molecule has 0 spiro atoms.